The van der Waals surface area contributed by atoms with Crippen molar-refractivity contribution in [3.8, 4) is 0 Å². The molecular weight excluding hydrogens is 191 g/mol. The average Bonchev–Trinajstić information content (AvgIpc) is 1.16. The molecule has 0 aromatic heterocycles. The SMILES string of the molecule is C[Si](C)(C)S(F)(F)(F)(F)F. The highest BCUT2D eigenvalue weighted by molar-refractivity contribution is 8.67. The van der Waals surface area contributed by atoms with Crippen LogP contribution >= 0.6 is 9.67 Å². The van der Waals surface area contributed by atoms with Gasteiger partial charge in [-0.1, -0.05) is 19.6 Å². The van der Waals surface area contributed by atoms with E-state index in [0.717, 1.165) is 0 Å². The Morgan fingerprint density at radius 3 is 0.900 bits per heavy atom. The normalized spacial score (nSPS) is 21.6. The van der Waals surface area contributed by atoms with Crippen molar-refractivity contribution in [1.29, 1.82) is 0 Å². The Hall–Kier alpha value is 0.217. The largest absolute Gasteiger partial charge is 0.254 e. The first-order valence-corrected chi connectivity index (χ1v) is 8.65. The standard InChI is InChI=1S/C3H9F5SSi/c1-10(2,3)9(4,5,6,7)8/h1-3H3. The van der Waals surface area contributed by atoms with Crippen LogP contribution in [0.2, 0.25) is 19.6 Å². The number of halogens is 5. The summed E-state index contributed by atoms with van der Waals surface area (Å²) in [5.41, 5.74) is 0. The lowest BCUT2D eigenvalue weighted by molar-refractivity contribution is 0.393. The van der Waals surface area contributed by atoms with Gasteiger partial charge >= 0.3 is 0 Å². The van der Waals surface area contributed by atoms with Crippen LogP contribution in [-0.2, 0) is 0 Å². The Morgan fingerprint density at radius 1 is 0.800 bits per heavy atom. The van der Waals surface area contributed by atoms with Crippen molar-refractivity contribution in [1.82, 2.24) is 0 Å². The molecular formula is C3H9F5SSi. The predicted octanol–water partition coefficient (Wildman–Crippen LogP) is 4.12. The van der Waals surface area contributed by atoms with Crippen LogP contribution in [0.3, 0.4) is 0 Å². The summed E-state index contributed by atoms with van der Waals surface area (Å²) in [7, 11) is -13.4. The summed E-state index contributed by atoms with van der Waals surface area (Å²) in [6.07, 6.45) is 0. The van der Waals surface area contributed by atoms with Crippen LogP contribution in [0.5, 0.6) is 0 Å². The zero-order valence-corrected chi connectivity index (χ0v) is 7.61. The van der Waals surface area contributed by atoms with Gasteiger partial charge in [-0.3, -0.25) is 0 Å². The fourth-order valence-corrected chi connectivity index (χ4v) is 0. The first kappa shape index (κ1) is 10.2. The summed E-state index contributed by atoms with van der Waals surface area (Å²) >= 11 is 0. The van der Waals surface area contributed by atoms with Crippen LogP contribution in [0.15, 0.2) is 0 Å². The van der Waals surface area contributed by atoms with E-state index in [4.69, 9.17) is 0 Å². The minimum atomic E-state index is -9.11. The molecule has 0 aliphatic carbocycles. The second-order valence-electron chi connectivity index (χ2n) is 3.08. The molecule has 0 aromatic rings. The van der Waals surface area contributed by atoms with Crippen LogP contribution in [0, 0.1) is 0 Å². The number of hydrogen-bond donors (Lipinski definition) is 0. The van der Waals surface area contributed by atoms with Gasteiger partial charge < -0.3 is 0 Å². The Bertz CT molecular complexity index is 147. The van der Waals surface area contributed by atoms with Crippen molar-refractivity contribution in [2.45, 2.75) is 19.6 Å². The maximum atomic E-state index is 11.8. The maximum absolute atomic E-state index is 11.8. The molecule has 0 rings (SSSR count). The van der Waals surface area contributed by atoms with Gasteiger partial charge in [-0.15, -0.1) is 19.4 Å². The molecule has 66 valence electrons. The molecule has 0 nitrogen and oxygen atoms in total. The molecule has 0 unspecified atom stereocenters. The molecule has 0 spiro atoms. The quantitative estimate of drug-likeness (QED) is 0.441. The molecule has 7 heteroatoms. The van der Waals surface area contributed by atoms with Gasteiger partial charge in [-0.25, -0.2) is 0 Å². The molecule has 0 saturated carbocycles. The highest BCUT2D eigenvalue weighted by Gasteiger charge is 2.73. The van der Waals surface area contributed by atoms with Gasteiger partial charge in [-0.2, -0.15) is 0 Å². The highest BCUT2D eigenvalue weighted by Crippen LogP contribution is 3.01. The molecule has 0 amide bonds. The zero-order valence-electron chi connectivity index (χ0n) is 5.80. The van der Waals surface area contributed by atoms with Crippen LogP contribution in [0.1, 0.15) is 0 Å². The van der Waals surface area contributed by atoms with E-state index in [1.807, 2.05) is 0 Å². The third-order valence-electron chi connectivity index (χ3n) is 1.16. The van der Waals surface area contributed by atoms with Crippen molar-refractivity contribution < 1.29 is 19.4 Å². The van der Waals surface area contributed by atoms with E-state index in [-0.39, 0.29) is 0 Å². The lowest BCUT2D eigenvalue weighted by Crippen LogP contribution is -2.36. The molecule has 0 aliphatic heterocycles. The van der Waals surface area contributed by atoms with E-state index in [9.17, 15) is 19.4 Å². The summed E-state index contributed by atoms with van der Waals surface area (Å²) in [5.74, 6) is 0. The summed E-state index contributed by atoms with van der Waals surface area (Å²) in [5, 5.41) is 0. The second-order valence-corrected chi connectivity index (χ2v) is 15.2. The van der Waals surface area contributed by atoms with Crippen LogP contribution < -0.4 is 0 Å². The molecule has 0 fully saturated rings. The summed E-state index contributed by atoms with van der Waals surface area (Å²) in [6.45, 7) is 1.82. The van der Waals surface area contributed by atoms with Gasteiger partial charge in [0.15, 0.2) is 0 Å². The molecule has 0 radical (unpaired) electrons. The molecule has 0 aromatic carbocycles. The molecule has 0 atom stereocenters. The lowest BCUT2D eigenvalue weighted by Gasteiger charge is -2.50. The second kappa shape index (κ2) is 1.38. The van der Waals surface area contributed by atoms with Crippen molar-refractivity contribution in [2.75, 3.05) is 0 Å². The number of rotatable bonds is 1. The van der Waals surface area contributed by atoms with Gasteiger partial charge in [-0.05, 0) is 0 Å². The van der Waals surface area contributed by atoms with E-state index in [2.05, 4.69) is 0 Å². The Balaban J connectivity index is 5.14. The maximum Gasteiger partial charge on any atom is 0.254 e. The summed E-state index contributed by atoms with van der Waals surface area (Å²) in [4.78, 5) is 0. The van der Waals surface area contributed by atoms with Gasteiger partial charge in [0.05, 0.1) is 0 Å². The Morgan fingerprint density at radius 2 is 0.900 bits per heavy atom. The molecule has 0 saturated heterocycles. The zero-order chi connectivity index (χ0) is 8.91. The fraction of sp³-hybridized carbons (Fsp3) is 1.00. The molecule has 0 aliphatic rings. The van der Waals surface area contributed by atoms with Crippen molar-refractivity contribution in [3.05, 3.63) is 0 Å². The first-order chi connectivity index (χ1) is 3.75. The first-order valence-electron chi connectivity index (χ1n) is 2.48. The molecule has 0 heterocycles. The van der Waals surface area contributed by atoms with Crippen molar-refractivity contribution in [2.24, 2.45) is 0 Å². The highest BCUT2D eigenvalue weighted by atomic mass is 32.7. The van der Waals surface area contributed by atoms with Gasteiger partial charge in [0.25, 0.3) is 9.67 Å². The van der Waals surface area contributed by atoms with E-state index >= 15 is 0 Å². The third kappa shape index (κ3) is 1.85. The fourth-order valence-electron chi connectivity index (χ4n) is 0. The van der Waals surface area contributed by atoms with E-state index in [0.29, 0.717) is 19.6 Å². The van der Waals surface area contributed by atoms with Crippen LogP contribution in [0.4, 0.5) is 19.4 Å². The Labute approximate surface area is 56.8 Å². The van der Waals surface area contributed by atoms with Gasteiger partial charge in [0.1, 0.15) is 0 Å². The smallest absolute Gasteiger partial charge is 0.105 e. The molecule has 10 heavy (non-hydrogen) atoms. The third-order valence-corrected chi connectivity index (χ3v) is 10.4. The Kier molecular flexibility index (Phi) is 1.41. The van der Waals surface area contributed by atoms with Crippen molar-refractivity contribution >= 4 is 16.9 Å². The van der Waals surface area contributed by atoms with E-state index in [1.165, 1.54) is 0 Å². The van der Waals surface area contributed by atoms with Gasteiger partial charge in [0.2, 0.25) is 7.22 Å². The lowest BCUT2D eigenvalue weighted by atomic mass is 11.8. The summed E-state index contributed by atoms with van der Waals surface area (Å²) in [6, 6.07) is 0. The van der Waals surface area contributed by atoms with Gasteiger partial charge in [0, 0.05) is 0 Å². The monoisotopic (exact) mass is 200 g/mol. The van der Waals surface area contributed by atoms with Crippen LogP contribution in [-0.4, -0.2) is 7.22 Å². The molecule has 0 bridgehead atoms. The van der Waals surface area contributed by atoms with Crippen LogP contribution in [0.25, 0.3) is 0 Å². The minimum Gasteiger partial charge on any atom is -0.105 e. The topological polar surface area (TPSA) is 0 Å². The van der Waals surface area contributed by atoms with Crippen molar-refractivity contribution in [3.63, 3.8) is 0 Å². The average molecular weight is 200 g/mol. The minimum absolute atomic E-state index is 0.606. The van der Waals surface area contributed by atoms with E-state index in [1.54, 1.807) is 0 Å². The predicted molar refractivity (Wildman–Crippen MR) is 36.5 cm³/mol. The number of hydrogen-bond acceptors (Lipinski definition) is 0. The summed E-state index contributed by atoms with van der Waals surface area (Å²) < 4.78 is 58.9. The molecule has 0 N–H and O–H groups in total. The van der Waals surface area contributed by atoms with E-state index < -0.39 is 16.9 Å².